The first-order chi connectivity index (χ1) is 8.24. The summed E-state index contributed by atoms with van der Waals surface area (Å²) in [4.78, 5) is 0. The Hall–Kier alpha value is -1.32. The molecule has 0 saturated heterocycles. The Morgan fingerprint density at radius 1 is 1.12 bits per heavy atom. The van der Waals surface area contributed by atoms with Gasteiger partial charge in [0.2, 0.25) is 0 Å². The third kappa shape index (κ3) is 1.96. The molecule has 0 spiro atoms. The summed E-state index contributed by atoms with van der Waals surface area (Å²) in [5.74, 6) is 0. The van der Waals surface area contributed by atoms with E-state index in [1.807, 2.05) is 53.3 Å². The van der Waals surface area contributed by atoms with E-state index < -0.39 is 0 Å². The summed E-state index contributed by atoms with van der Waals surface area (Å²) >= 11 is 9.42. The van der Waals surface area contributed by atoms with Gasteiger partial charge in [0.05, 0.1) is 11.2 Å². The Morgan fingerprint density at radius 3 is 2.71 bits per heavy atom. The highest BCUT2D eigenvalue weighted by Crippen LogP contribution is 2.25. The molecule has 0 unspecified atom stereocenters. The van der Waals surface area contributed by atoms with Gasteiger partial charge in [-0.2, -0.15) is 5.10 Å². The van der Waals surface area contributed by atoms with E-state index in [1.165, 1.54) is 0 Å². The Morgan fingerprint density at radius 2 is 1.94 bits per heavy atom. The van der Waals surface area contributed by atoms with Crippen LogP contribution in [0.15, 0.2) is 53.1 Å². The first-order valence-electron chi connectivity index (χ1n) is 5.14. The average molecular weight is 308 g/mol. The molecule has 0 aliphatic carbocycles. The minimum absolute atomic E-state index is 0.706. The molecule has 0 atom stereocenters. The van der Waals surface area contributed by atoms with Crippen LogP contribution in [0.3, 0.4) is 0 Å². The van der Waals surface area contributed by atoms with Gasteiger partial charge < -0.3 is 0 Å². The van der Waals surface area contributed by atoms with Gasteiger partial charge in [-0.1, -0.05) is 29.8 Å². The highest BCUT2D eigenvalue weighted by Gasteiger charge is 2.05. The fourth-order valence-electron chi connectivity index (χ4n) is 1.75. The molecule has 3 aromatic rings. The number of benzene rings is 2. The predicted octanol–water partition coefficient (Wildman–Crippen LogP) is 4.44. The van der Waals surface area contributed by atoms with Gasteiger partial charge >= 0.3 is 0 Å². The molecule has 3 rings (SSSR count). The molecule has 0 amide bonds. The van der Waals surface area contributed by atoms with Crippen molar-refractivity contribution in [3.8, 4) is 5.69 Å². The Bertz CT molecular complexity index is 658. The molecule has 1 heterocycles. The second-order valence-corrected chi connectivity index (χ2v) is 5.02. The van der Waals surface area contributed by atoms with Crippen molar-refractivity contribution in [2.45, 2.75) is 0 Å². The highest BCUT2D eigenvalue weighted by molar-refractivity contribution is 9.10. The second-order valence-electron chi connectivity index (χ2n) is 3.73. The maximum absolute atomic E-state index is 5.92. The summed E-state index contributed by atoms with van der Waals surface area (Å²) in [6.07, 6.45) is 2.00. The van der Waals surface area contributed by atoms with Crippen molar-refractivity contribution in [2.24, 2.45) is 0 Å². The number of hydrogen-bond donors (Lipinski definition) is 0. The van der Waals surface area contributed by atoms with E-state index in [1.54, 1.807) is 0 Å². The molecule has 2 nitrogen and oxygen atoms in total. The van der Waals surface area contributed by atoms with Crippen molar-refractivity contribution < 1.29 is 0 Å². The van der Waals surface area contributed by atoms with Gasteiger partial charge in [-0.25, -0.2) is 4.68 Å². The van der Waals surface area contributed by atoms with Crippen LogP contribution < -0.4 is 0 Å². The van der Waals surface area contributed by atoms with Crippen molar-refractivity contribution >= 4 is 38.4 Å². The summed E-state index contributed by atoms with van der Waals surface area (Å²) in [6, 6.07) is 13.7. The van der Waals surface area contributed by atoms with Crippen molar-refractivity contribution in [1.29, 1.82) is 0 Å². The predicted molar refractivity (Wildman–Crippen MR) is 73.8 cm³/mol. The third-order valence-corrected chi connectivity index (χ3v) is 3.44. The average Bonchev–Trinajstić information content (AvgIpc) is 2.72. The van der Waals surface area contributed by atoms with Gasteiger partial charge in [0.15, 0.2) is 0 Å². The largest absolute Gasteiger partial charge is 0.239 e. The van der Waals surface area contributed by atoms with Crippen LogP contribution in [0.4, 0.5) is 0 Å². The zero-order chi connectivity index (χ0) is 11.8. The van der Waals surface area contributed by atoms with Crippen molar-refractivity contribution in [1.82, 2.24) is 9.78 Å². The zero-order valence-electron chi connectivity index (χ0n) is 8.77. The molecule has 0 aliphatic rings. The Balaban J connectivity index is 2.20. The molecule has 0 N–H and O–H groups in total. The maximum atomic E-state index is 5.92. The molecule has 17 heavy (non-hydrogen) atoms. The van der Waals surface area contributed by atoms with E-state index in [4.69, 9.17) is 11.6 Å². The van der Waals surface area contributed by atoms with Crippen molar-refractivity contribution in [3.05, 3.63) is 58.2 Å². The van der Waals surface area contributed by atoms with E-state index in [2.05, 4.69) is 21.0 Å². The van der Waals surface area contributed by atoms with Gasteiger partial charge in [0, 0.05) is 21.1 Å². The van der Waals surface area contributed by atoms with E-state index in [-0.39, 0.29) is 0 Å². The molecule has 0 bridgehead atoms. The minimum Gasteiger partial charge on any atom is -0.239 e. The minimum atomic E-state index is 0.706. The number of rotatable bonds is 1. The summed E-state index contributed by atoms with van der Waals surface area (Å²) in [6.45, 7) is 0. The number of nitrogens with zero attached hydrogens (tertiary/aromatic N) is 2. The van der Waals surface area contributed by atoms with Gasteiger partial charge in [0.1, 0.15) is 0 Å². The molecule has 0 aliphatic heterocycles. The molecule has 0 radical (unpaired) electrons. The van der Waals surface area contributed by atoms with Crippen LogP contribution in [-0.2, 0) is 0 Å². The van der Waals surface area contributed by atoms with Crippen LogP contribution in [0.2, 0.25) is 5.02 Å². The van der Waals surface area contributed by atoms with Crippen LogP contribution in [0.5, 0.6) is 0 Å². The van der Waals surface area contributed by atoms with Crippen molar-refractivity contribution in [2.75, 3.05) is 0 Å². The standard InChI is InChI=1S/C13H8BrClN2/c14-11-7-10(15)5-6-13(11)17-8-9-3-1-2-4-12(9)16-17/h1-8H. The first-order valence-corrected chi connectivity index (χ1v) is 6.31. The molecular formula is C13H8BrClN2. The monoisotopic (exact) mass is 306 g/mol. The van der Waals surface area contributed by atoms with Crippen LogP contribution in [0.1, 0.15) is 0 Å². The lowest BCUT2D eigenvalue weighted by molar-refractivity contribution is 0.892. The van der Waals surface area contributed by atoms with Crippen LogP contribution in [0.25, 0.3) is 16.6 Å². The van der Waals surface area contributed by atoms with Gasteiger partial charge in [-0.05, 0) is 40.2 Å². The normalized spacial score (nSPS) is 10.9. The quantitative estimate of drug-likeness (QED) is 0.650. The summed E-state index contributed by atoms with van der Waals surface area (Å²) in [5, 5.41) is 6.34. The molecule has 0 fully saturated rings. The highest BCUT2D eigenvalue weighted by atomic mass is 79.9. The lowest BCUT2D eigenvalue weighted by Gasteiger charge is -2.04. The molecule has 0 saturated carbocycles. The van der Waals surface area contributed by atoms with E-state index in [0.717, 1.165) is 21.1 Å². The first kappa shape index (κ1) is 10.8. The van der Waals surface area contributed by atoms with E-state index in [9.17, 15) is 0 Å². The fraction of sp³-hybridized carbons (Fsp3) is 0. The SMILES string of the molecule is Clc1ccc(-n2cc3ccccc3n2)c(Br)c1. The Labute approximate surface area is 112 Å². The fourth-order valence-corrected chi connectivity index (χ4v) is 2.62. The van der Waals surface area contributed by atoms with Crippen LogP contribution >= 0.6 is 27.5 Å². The van der Waals surface area contributed by atoms with Crippen LogP contribution in [0, 0.1) is 0 Å². The number of halogens is 2. The number of fused-ring (bicyclic) bond motifs is 1. The molecule has 1 aromatic heterocycles. The number of aromatic nitrogens is 2. The smallest absolute Gasteiger partial charge is 0.0927 e. The van der Waals surface area contributed by atoms with Gasteiger partial charge in [-0.15, -0.1) is 0 Å². The molecule has 84 valence electrons. The molecule has 4 heteroatoms. The summed E-state index contributed by atoms with van der Waals surface area (Å²) in [7, 11) is 0. The Kier molecular flexibility index (Phi) is 2.65. The summed E-state index contributed by atoms with van der Waals surface area (Å²) < 4.78 is 2.78. The zero-order valence-corrected chi connectivity index (χ0v) is 11.1. The number of hydrogen-bond acceptors (Lipinski definition) is 1. The van der Waals surface area contributed by atoms with E-state index in [0.29, 0.717) is 5.02 Å². The topological polar surface area (TPSA) is 17.8 Å². The second kappa shape index (κ2) is 4.17. The van der Waals surface area contributed by atoms with Gasteiger partial charge in [0.25, 0.3) is 0 Å². The third-order valence-electron chi connectivity index (χ3n) is 2.57. The lowest BCUT2D eigenvalue weighted by atomic mass is 10.3. The van der Waals surface area contributed by atoms with Crippen LogP contribution in [-0.4, -0.2) is 9.78 Å². The van der Waals surface area contributed by atoms with Gasteiger partial charge in [-0.3, -0.25) is 0 Å². The molecular weight excluding hydrogens is 300 g/mol. The maximum Gasteiger partial charge on any atom is 0.0927 e. The molecule has 2 aromatic carbocycles. The van der Waals surface area contributed by atoms with Crippen molar-refractivity contribution in [3.63, 3.8) is 0 Å². The lowest BCUT2D eigenvalue weighted by Crippen LogP contribution is -1.95. The van der Waals surface area contributed by atoms with E-state index >= 15 is 0 Å². The summed E-state index contributed by atoms with van der Waals surface area (Å²) in [5.41, 5.74) is 1.96.